The van der Waals surface area contributed by atoms with Crippen molar-refractivity contribution < 1.29 is 27.4 Å². The molecule has 9 nitrogen and oxygen atoms in total. The van der Waals surface area contributed by atoms with Crippen LogP contribution in [0.3, 0.4) is 0 Å². The first-order chi connectivity index (χ1) is 14.3. The summed E-state index contributed by atoms with van der Waals surface area (Å²) in [6.45, 7) is 0.164. The minimum atomic E-state index is -4.75. The first kappa shape index (κ1) is 20.9. The van der Waals surface area contributed by atoms with E-state index in [0.717, 1.165) is 4.68 Å². The maximum Gasteiger partial charge on any atom is 0.453 e. The van der Waals surface area contributed by atoms with Gasteiger partial charge in [-0.2, -0.15) is 13.2 Å². The number of nitrogens with zero attached hydrogens (tertiary/aromatic N) is 4. The number of carbonyl (C=O) groups excluding carboxylic acids is 1. The van der Waals surface area contributed by atoms with Crippen LogP contribution >= 0.6 is 0 Å². The zero-order valence-corrected chi connectivity index (χ0v) is 15.7. The van der Waals surface area contributed by atoms with Gasteiger partial charge in [-0.05, 0) is 18.2 Å². The van der Waals surface area contributed by atoms with Gasteiger partial charge < -0.3 is 20.5 Å². The molecule has 0 unspecified atom stereocenters. The van der Waals surface area contributed by atoms with E-state index in [2.05, 4.69) is 20.4 Å². The fourth-order valence-electron chi connectivity index (χ4n) is 2.52. The highest BCUT2D eigenvalue weighted by atomic mass is 19.4. The van der Waals surface area contributed by atoms with Crippen molar-refractivity contribution in [3.05, 3.63) is 48.4 Å². The number of alkyl halides is 3. The molecule has 1 aromatic carbocycles. The number of hydrogen-bond donors (Lipinski definition) is 2. The molecule has 3 rings (SSSR count). The van der Waals surface area contributed by atoms with Gasteiger partial charge in [0.25, 0.3) is 5.82 Å². The van der Waals surface area contributed by atoms with Crippen LogP contribution in [0.2, 0.25) is 0 Å². The number of hydrogen-bond acceptors (Lipinski definition) is 6. The second kappa shape index (κ2) is 8.68. The van der Waals surface area contributed by atoms with Gasteiger partial charge in [-0.1, -0.05) is 12.1 Å². The number of aromatic nitrogens is 4. The number of carbonyl (C=O) groups is 1. The first-order valence-corrected chi connectivity index (χ1v) is 8.60. The molecule has 0 fully saturated rings. The van der Waals surface area contributed by atoms with Crippen molar-refractivity contribution in [1.82, 2.24) is 25.1 Å². The van der Waals surface area contributed by atoms with Crippen LogP contribution in [0.1, 0.15) is 5.82 Å². The molecule has 12 heteroatoms. The summed E-state index contributed by atoms with van der Waals surface area (Å²) < 4.78 is 51.5. The van der Waals surface area contributed by atoms with Gasteiger partial charge in [-0.25, -0.2) is 19.4 Å². The molecule has 0 saturated heterocycles. The van der Waals surface area contributed by atoms with Crippen LogP contribution in [-0.4, -0.2) is 46.0 Å². The molecule has 2 amide bonds. The fraction of sp³-hybridized carbons (Fsp3) is 0.222. The van der Waals surface area contributed by atoms with Crippen LogP contribution in [0.25, 0.3) is 17.1 Å². The molecule has 0 saturated carbocycles. The molecule has 2 aromatic heterocycles. The zero-order chi connectivity index (χ0) is 21.7. The average molecular weight is 422 g/mol. The van der Waals surface area contributed by atoms with Gasteiger partial charge in [0.2, 0.25) is 5.88 Å². The number of primary amides is 1. The molecule has 0 aliphatic carbocycles. The molecule has 158 valence electrons. The third-order valence-corrected chi connectivity index (χ3v) is 3.82. The number of amides is 2. The van der Waals surface area contributed by atoms with Crippen molar-refractivity contribution >= 4 is 6.03 Å². The minimum Gasteiger partial charge on any atom is -0.491 e. The van der Waals surface area contributed by atoms with Crippen LogP contribution in [0, 0.1) is 0 Å². The lowest BCUT2D eigenvalue weighted by molar-refractivity contribution is -0.144. The lowest BCUT2D eigenvalue weighted by Crippen LogP contribution is -2.32. The van der Waals surface area contributed by atoms with Crippen LogP contribution in [0.4, 0.5) is 18.0 Å². The maximum absolute atomic E-state index is 13.3. The monoisotopic (exact) mass is 422 g/mol. The summed E-state index contributed by atoms with van der Waals surface area (Å²) in [7, 11) is 1.42. The third kappa shape index (κ3) is 4.77. The van der Waals surface area contributed by atoms with Gasteiger partial charge in [0.15, 0.2) is 5.82 Å². The quantitative estimate of drug-likeness (QED) is 0.565. The highest BCUT2D eigenvalue weighted by Crippen LogP contribution is 2.34. The Labute approximate surface area is 168 Å². The molecule has 2 heterocycles. The molecule has 0 aliphatic heterocycles. The highest BCUT2D eigenvalue weighted by molar-refractivity contribution is 5.71. The van der Waals surface area contributed by atoms with E-state index >= 15 is 0 Å². The van der Waals surface area contributed by atoms with Crippen LogP contribution in [-0.2, 0) is 6.18 Å². The molecule has 30 heavy (non-hydrogen) atoms. The van der Waals surface area contributed by atoms with Gasteiger partial charge in [-0.3, -0.25) is 0 Å². The van der Waals surface area contributed by atoms with Crippen LogP contribution in [0.5, 0.6) is 11.6 Å². The largest absolute Gasteiger partial charge is 0.491 e. The van der Waals surface area contributed by atoms with E-state index in [0.29, 0.717) is 5.88 Å². The van der Waals surface area contributed by atoms with Crippen LogP contribution in [0.15, 0.2) is 42.6 Å². The number of methoxy groups -OCH3 is 1. The Bertz CT molecular complexity index is 1020. The van der Waals surface area contributed by atoms with Gasteiger partial charge >= 0.3 is 12.2 Å². The predicted molar refractivity (Wildman–Crippen MR) is 99.2 cm³/mol. The Morgan fingerprint density at radius 1 is 1.23 bits per heavy atom. The smallest absolute Gasteiger partial charge is 0.453 e. The minimum absolute atomic E-state index is 0.0459. The first-order valence-electron chi connectivity index (χ1n) is 8.60. The summed E-state index contributed by atoms with van der Waals surface area (Å²) in [4.78, 5) is 18.4. The Kier molecular flexibility index (Phi) is 6.04. The maximum atomic E-state index is 13.3. The molecule has 0 aliphatic rings. The summed E-state index contributed by atoms with van der Waals surface area (Å²) >= 11 is 0. The SMILES string of the molecule is COc1ccc(-n2nc(C(F)(F)F)nc2-c2ccccc2OCCNC(N)=O)cn1. The number of para-hydroxylation sites is 1. The molecule has 0 spiro atoms. The van der Waals surface area contributed by atoms with Crippen molar-refractivity contribution in [3.63, 3.8) is 0 Å². The van der Waals surface area contributed by atoms with E-state index < -0.39 is 18.0 Å². The van der Waals surface area contributed by atoms with Crippen molar-refractivity contribution in [2.24, 2.45) is 5.73 Å². The number of rotatable bonds is 7. The zero-order valence-electron chi connectivity index (χ0n) is 15.7. The molecule has 0 atom stereocenters. The normalized spacial score (nSPS) is 11.2. The number of nitrogens with one attached hydrogen (secondary N) is 1. The lowest BCUT2D eigenvalue weighted by Gasteiger charge is -2.12. The summed E-state index contributed by atoms with van der Waals surface area (Å²) in [5, 5.41) is 5.97. The molecule has 3 N–H and O–H groups in total. The van der Waals surface area contributed by atoms with E-state index in [1.165, 1.54) is 25.4 Å². The topological polar surface area (TPSA) is 117 Å². The van der Waals surface area contributed by atoms with Crippen LogP contribution < -0.4 is 20.5 Å². The summed E-state index contributed by atoms with van der Waals surface area (Å²) in [6, 6.07) is 8.68. The van der Waals surface area contributed by atoms with E-state index in [1.807, 2.05) is 0 Å². The van der Waals surface area contributed by atoms with Crippen molar-refractivity contribution in [3.8, 4) is 28.7 Å². The molecule has 0 radical (unpaired) electrons. The van der Waals surface area contributed by atoms with E-state index in [1.54, 1.807) is 24.3 Å². The second-order valence-electron chi connectivity index (χ2n) is 5.86. The highest BCUT2D eigenvalue weighted by Gasteiger charge is 2.37. The Morgan fingerprint density at radius 3 is 2.63 bits per heavy atom. The number of halogens is 3. The molecule has 0 bridgehead atoms. The Morgan fingerprint density at radius 2 is 2.00 bits per heavy atom. The number of ether oxygens (including phenoxy) is 2. The molecular formula is C18H17F3N6O3. The summed E-state index contributed by atoms with van der Waals surface area (Å²) in [5.41, 5.74) is 5.52. The number of pyridine rings is 1. The standard InChI is InChI=1S/C18H17F3N6O3/c1-29-14-7-6-11(10-24-14)27-15(25-16(26-27)18(19,20)21)12-4-2-3-5-13(12)30-9-8-23-17(22)28/h2-7,10H,8-9H2,1H3,(H3,22,23,28). The summed E-state index contributed by atoms with van der Waals surface area (Å²) in [5.74, 6) is -0.846. The number of benzene rings is 1. The van der Waals surface area contributed by atoms with Gasteiger partial charge in [-0.15, -0.1) is 5.10 Å². The second-order valence-corrected chi connectivity index (χ2v) is 5.86. The number of nitrogens with two attached hydrogens (primary N) is 1. The van der Waals surface area contributed by atoms with Crippen molar-refractivity contribution in [2.75, 3.05) is 20.3 Å². The molecule has 3 aromatic rings. The third-order valence-electron chi connectivity index (χ3n) is 3.82. The van der Waals surface area contributed by atoms with Gasteiger partial charge in [0.05, 0.1) is 31.1 Å². The van der Waals surface area contributed by atoms with Crippen molar-refractivity contribution in [1.29, 1.82) is 0 Å². The van der Waals surface area contributed by atoms with Gasteiger partial charge in [0, 0.05) is 6.07 Å². The molecular weight excluding hydrogens is 405 g/mol. The number of urea groups is 1. The van der Waals surface area contributed by atoms with E-state index in [-0.39, 0.29) is 36.0 Å². The van der Waals surface area contributed by atoms with E-state index in [9.17, 15) is 18.0 Å². The Balaban J connectivity index is 2.02. The van der Waals surface area contributed by atoms with Gasteiger partial charge in [0.1, 0.15) is 12.4 Å². The van der Waals surface area contributed by atoms with E-state index in [4.69, 9.17) is 15.2 Å². The lowest BCUT2D eigenvalue weighted by atomic mass is 10.2. The Hall–Kier alpha value is -3.83. The average Bonchev–Trinajstić information content (AvgIpc) is 3.17. The predicted octanol–water partition coefficient (Wildman–Crippen LogP) is 2.40. The fourth-order valence-corrected chi connectivity index (χ4v) is 2.52. The summed E-state index contributed by atoms with van der Waals surface area (Å²) in [6.07, 6.45) is -3.43. The van der Waals surface area contributed by atoms with Crippen molar-refractivity contribution in [2.45, 2.75) is 6.18 Å².